The van der Waals surface area contributed by atoms with Gasteiger partial charge in [-0.3, -0.25) is 4.79 Å². The van der Waals surface area contributed by atoms with E-state index in [-0.39, 0.29) is 24.4 Å². The summed E-state index contributed by atoms with van der Waals surface area (Å²) in [5, 5.41) is 0. The van der Waals surface area contributed by atoms with Gasteiger partial charge in [0.05, 0.1) is 0 Å². The monoisotopic (exact) mass is 312 g/mol. The Morgan fingerprint density at radius 2 is 1.81 bits per heavy atom. The number of carbonyl (C=O) groups is 1. The molecule has 0 saturated carbocycles. The van der Waals surface area contributed by atoms with Gasteiger partial charge in [-0.2, -0.15) is 0 Å². The third kappa shape index (κ3) is 4.90. The first-order chi connectivity index (χ1) is 9.58. The van der Waals surface area contributed by atoms with Gasteiger partial charge in [0, 0.05) is 19.1 Å². The molecule has 0 radical (unpaired) electrons. The summed E-state index contributed by atoms with van der Waals surface area (Å²) < 4.78 is 5.69. The number of benzene rings is 1. The number of para-hydroxylation sites is 1. The van der Waals surface area contributed by atoms with Gasteiger partial charge in [-0.15, -0.1) is 12.4 Å². The smallest absolute Gasteiger partial charge is 0.263 e. The molecule has 1 heterocycles. The molecule has 2 rings (SSSR count). The van der Waals surface area contributed by atoms with E-state index < -0.39 is 6.10 Å². The van der Waals surface area contributed by atoms with E-state index in [1.54, 1.807) is 0 Å². The van der Waals surface area contributed by atoms with Crippen molar-refractivity contribution in [1.82, 2.24) is 4.90 Å². The van der Waals surface area contributed by atoms with Crippen molar-refractivity contribution < 1.29 is 9.53 Å². The summed E-state index contributed by atoms with van der Waals surface area (Å²) in [6, 6.07) is 9.68. The number of piperidine rings is 1. The van der Waals surface area contributed by atoms with Crippen LogP contribution >= 0.6 is 12.4 Å². The van der Waals surface area contributed by atoms with Gasteiger partial charge in [-0.05, 0) is 44.7 Å². The van der Waals surface area contributed by atoms with Crippen LogP contribution in [0.25, 0.3) is 0 Å². The third-order valence-electron chi connectivity index (χ3n) is 4.00. The lowest BCUT2D eigenvalue weighted by Gasteiger charge is -2.35. The molecule has 1 aromatic rings. The maximum Gasteiger partial charge on any atom is 0.263 e. The number of hydrogen-bond acceptors (Lipinski definition) is 3. The molecule has 1 fully saturated rings. The Labute approximate surface area is 133 Å². The van der Waals surface area contributed by atoms with Crippen LogP contribution in [0.3, 0.4) is 0 Å². The number of rotatable bonds is 4. The Morgan fingerprint density at radius 1 is 1.24 bits per heavy atom. The van der Waals surface area contributed by atoms with Crippen molar-refractivity contribution in [3.05, 3.63) is 30.3 Å². The molecule has 0 bridgehead atoms. The topological polar surface area (TPSA) is 55.6 Å². The van der Waals surface area contributed by atoms with Crippen LogP contribution in [0.1, 0.15) is 26.7 Å². The normalized spacial score (nSPS) is 18.5. The fraction of sp³-hybridized carbons (Fsp3) is 0.562. The van der Waals surface area contributed by atoms with Crippen molar-refractivity contribution in [3.8, 4) is 5.75 Å². The average molecular weight is 313 g/mol. The first-order valence-corrected chi connectivity index (χ1v) is 7.34. The van der Waals surface area contributed by atoms with Gasteiger partial charge in [0.25, 0.3) is 5.91 Å². The van der Waals surface area contributed by atoms with Crippen LogP contribution in [-0.2, 0) is 4.79 Å². The summed E-state index contributed by atoms with van der Waals surface area (Å²) in [4.78, 5) is 14.2. The van der Waals surface area contributed by atoms with Crippen LogP contribution in [-0.4, -0.2) is 36.0 Å². The maximum atomic E-state index is 12.3. The van der Waals surface area contributed by atoms with E-state index in [1.165, 1.54) is 0 Å². The predicted octanol–water partition coefficient (Wildman–Crippen LogP) is 2.46. The quantitative estimate of drug-likeness (QED) is 0.929. The number of likely N-dealkylation sites (tertiary alicyclic amines) is 1. The van der Waals surface area contributed by atoms with E-state index in [4.69, 9.17) is 10.5 Å². The van der Waals surface area contributed by atoms with Crippen molar-refractivity contribution in [3.63, 3.8) is 0 Å². The van der Waals surface area contributed by atoms with Crippen molar-refractivity contribution in [2.75, 3.05) is 13.1 Å². The zero-order chi connectivity index (χ0) is 14.5. The van der Waals surface area contributed by atoms with Crippen LogP contribution in [0.5, 0.6) is 5.75 Å². The molecule has 0 spiro atoms. The summed E-state index contributed by atoms with van der Waals surface area (Å²) >= 11 is 0. The molecule has 1 saturated heterocycles. The number of ether oxygens (including phenoxy) is 1. The molecule has 1 amide bonds. The van der Waals surface area contributed by atoms with E-state index in [0.29, 0.717) is 5.92 Å². The fourth-order valence-corrected chi connectivity index (χ4v) is 2.66. The van der Waals surface area contributed by atoms with E-state index in [1.807, 2.05) is 49.1 Å². The second-order valence-electron chi connectivity index (χ2n) is 5.59. The number of nitrogens with two attached hydrogens (primary N) is 1. The molecule has 2 N–H and O–H groups in total. The van der Waals surface area contributed by atoms with Crippen molar-refractivity contribution >= 4 is 18.3 Å². The molecule has 1 aliphatic heterocycles. The van der Waals surface area contributed by atoms with E-state index in [0.717, 1.165) is 31.7 Å². The Bertz CT molecular complexity index is 431. The van der Waals surface area contributed by atoms with Crippen LogP contribution < -0.4 is 10.5 Å². The Hall–Kier alpha value is -1.26. The summed E-state index contributed by atoms with van der Waals surface area (Å²) in [6.45, 7) is 5.43. The Morgan fingerprint density at radius 3 is 2.33 bits per heavy atom. The molecular weight excluding hydrogens is 288 g/mol. The summed E-state index contributed by atoms with van der Waals surface area (Å²) in [6.07, 6.45) is 1.53. The summed E-state index contributed by atoms with van der Waals surface area (Å²) in [7, 11) is 0. The van der Waals surface area contributed by atoms with Crippen molar-refractivity contribution in [1.29, 1.82) is 0 Å². The number of amides is 1. The van der Waals surface area contributed by atoms with Gasteiger partial charge in [-0.25, -0.2) is 0 Å². The van der Waals surface area contributed by atoms with Gasteiger partial charge in [0.2, 0.25) is 0 Å². The van der Waals surface area contributed by atoms with E-state index in [9.17, 15) is 4.79 Å². The molecule has 1 aliphatic rings. The van der Waals surface area contributed by atoms with Crippen LogP contribution in [0.15, 0.2) is 30.3 Å². The number of nitrogens with zero attached hydrogens (tertiary/aromatic N) is 1. The van der Waals surface area contributed by atoms with Crippen LogP contribution in [0, 0.1) is 5.92 Å². The highest BCUT2D eigenvalue weighted by molar-refractivity contribution is 5.85. The van der Waals surface area contributed by atoms with Gasteiger partial charge >= 0.3 is 0 Å². The van der Waals surface area contributed by atoms with Crippen molar-refractivity contribution in [2.45, 2.75) is 38.8 Å². The fourth-order valence-electron chi connectivity index (χ4n) is 2.66. The van der Waals surface area contributed by atoms with Crippen molar-refractivity contribution in [2.24, 2.45) is 11.7 Å². The Balaban J connectivity index is 0.00000220. The van der Waals surface area contributed by atoms with Gasteiger partial charge < -0.3 is 15.4 Å². The second kappa shape index (κ2) is 8.25. The predicted molar refractivity (Wildman–Crippen MR) is 86.7 cm³/mol. The molecule has 118 valence electrons. The molecule has 2 unspecified atom stereocenters. The molecule has 5 heteroatoms. The lowest BCUT2D eigenvalue weighted by molar-refractivity contribution is -0.139. The second-order valence-corrected chi connectivity index (χ2v) is 5.59. The van der Waals surface area contributed by atoms with Crippen LogP contribution in [0.2, 0.25) is 0 Å². The molecular formula is C16H25ClN2O2. The highest BCUT2D eigenvalue weighted by atomic mass is 35.5. The first-order valence-electron chi connectivity index (χ1n) is 7.34. The summed E-state index contributed by atoms with van der Waals surface area (Å²) in [5.41, 5.74) is 5.92. The minimum Gasteiger partial charge on any atom is -0.481 e. The largest absolute Gasteiger partial charge is 0.481 e. The van der Waals surface area contributed by atoms with Gasteiger partial charge in [-0.1, -0.05) is 18.2 Å². The molecule has 1 aromatic carbocycles. The number of hydrogen-bond donors (Lipinski definition) is 1. The zero-order valence-corrected chi connectivity index (χ0v) is 13.5. The SMILES string of the molecule is CC(Oc1ccccc1)C(=O)N1CCC(C(C)N)CC1.Cl. The maximum absolute atomic E-state index is 12.3. The highest BCUT2D eigenvalue weighted by Crippen LogP contribution is 2.21. The molecule has 0 aliphatic carbocycles. The van der Waals surface area contributed by atoms with Gasteiger partial charge in [0.1, 0.15) is 5.75 Å². The number of halogens is 1. The first kappa shape index (κ1) is 17.8. The standard InChI is InChI=1S/C16H24N2O2.ClH/c1-12(17)14-8-10-18(11-9-14)16(19)13(2)20-15-6-4-3-5-7-15;/h3-7,12-14H,8-11,17H2,1-2H3;1H. The van der Waals surface area contributed by atoms with Gasteiger partial charge in [0.15, 0.2) is 6.10 Å². The minimum absolute atomic E-state index is 0. The third-order valence-corrected chi connectivity index (χ3v) is 4.00. The average Bonchev–Trinajstić information content (AvgIpc) is 2.47. The van der Waals surface area contributed by atoms with Crippen LogP contribution in [0.4, 0.5) is 0 Å². The molecule has 21 heavy (non-hydrogen) atoms. The molecule has 0 aromatic heterocycles. The molecule has 4 nitrogen and oxygen atoms in total. The Kier molecular flexibility index (Phi) is 6.99. The van der Waals surface area contributed by atoms with E-state index in [2.05, 4.69) is 0 Å². The highest BCUT2D eigenvalue weighted by Gasteiger charge is 2.28. The minimum atomic E-state index is -0.441. The van der Waals surface area contributed by atoms with E-state index >= 15 is 0 Å². The lowest BCUT2D eigenvalue weighted by Crippen LogP contribution is -2.46. The molecule has 2 atom stereocenters. The zero-order valence-electron chi connectivity index (χ0n) is 12.7. The summed E-state index contributed by atoms with van der Waals surface area (Å²) in [5.74, 6) is 1.33. The number of carbonyl (C=O) groups excluding carboxylic acids is 1. The lowest BCUT2D eigenvalue weighted by atomic mass is 9.91.